The molecule has 9 rings (SSSR count). The summed E-state index contributed by atoms with van der Waals surface area (Å²) in [7, 11) is 0. The molecule has 0 saturated heterocycles. The fraction of sp³-hybridized carbons (Fsp3) is 0.106. The number of furan rings is 1. The molecule has 3 heterocycles. The number of nitrogens with zero attached hydrogens (tertiary/aromatic N) is 2. The summed E-state index contributed by atoms with van der Waals surface area (Å²) >= 11 is 0. The predicted molar refractivity (Wildman–Crippen MR) is 208 cm³/mol. The molecule has 0 aliphatic rings. The first-order valence-corrected chi connectivity index (χ1v) is 16.8. The van der Waals surface area contributed by atoms with Crippen LogP contribution in [0.2, 0.25) is 0 Å². The second-order valence-electron chi connectivity index (χ2n) is 13.4. The van der Waals surface area contributed by atoms with Crippen LogP contribution in [0.25, 0.3) is 77.1 Å². The Bertz CT molecular complexity index is 2650. The van der Waals surface area contributed by atoms with Crippen molar-refractivity contribution < 1.29 is 27.3 Å². The third-order valence-corrected chi connectivity index (χ3v) is 8.71. The van der Waals surface area contributed by atoms with Gasteiger partial charge in [0, 0.05) is 46.0 Å². The molecule has 0 spiro atoms. The maximum Gasteiger partial charge on any atom is 0.129 e. The molecule has 51 heavy (non-hydrogen) atoms. The molecule has 0 bridgehead atoms. The van der Waals surface area contributed by atoms with Gasteiger partial charge in [0.05, 0.1) is 5.58 Å². The molecule has 0 N–H and O–H groups in total. The second-order valence-corrected chi connectivity index (χ2v) is 13.4. The zero-order valence-electron chi connectivity index (χ0n) is 30.6. The van der Waals surface area contributed by atoms with Gasteiger partial charge in [-0.2, -0.15) is 0 Å². The van der Waals surface area contributed by atoms with E-state index >= 15 is 0 Å². The van der Waals surface area contributed by atoms with Gasteiger partial charge in [0.2, 0.25) is 0 Å². The van der Waals surface area contributed by atoms with Gasteiger partial charge in [0.15, 0.2) is 0 Å². The van der Waals surface area contributed by atoms with E-state index in [2.05, 4.69) is 77.8 Å². The van der Waals surface area contributed by atoms with Crippen LogP contribution < -0.4 is 0 Å². The van der Waals surface area contributed by atoms with Gasteiger partial charge in [-0.15, -0.1) is 54.1 Å². The summed E-state index contributed by atoms with van der Waals surface area (Å²) in [4.78, 5) is 8.94. The molecule has 9 aromatic rings. The van der Waals surface area contributed by atoms with Crippen molar-refractivity contribution in [3.8, 4) is 33.6 Å². The van der Waals surface area contributed by atoms with E-state index in [1.54, 1.807) is 6.20 Å². The summed E-state index contributed by atoms with van der Waals surface area (Å²) in [6.45, 7) is 5.78. The molecule has 0 amide bonds. The molecule has 251 valence electrons. The normalized spacial score (nSPS) is 12.2. The van der Waals surface area contributed by atoms with Crippen LogP contribution in [-0.2, 0) is 26.5 Å². The largest absolute Gasteiger partial charge is 0.500 e. The second kappa shape index (κ2) is 14.4. The summed E-state index contributed by atoms with van der Waals surface area (Å²) < 4.78 is 23.9. The summed E-state index contributed by atoms with van der Waals surface area (Å²) in [5.41, 5.74) is 7.46. The van der Waals surface area contributed by atoms with Crippen molar-refractivity contribution in [3.05, 3.63) is 170 Å². The van der Waals surface area contributed by atoms with Crippen LogP contribution >= 0.6 is 0 Å². The molecule has 6 aromatic carbocycles. The fourth-order valence-electron chi connectivity index (χ4n) is 6.56. The molecule has 0 aliphatic heterocycles. The minimum Gasteiger partial charge on any atom is -0.500 e. The Labute approximate surface area is 315 Å². The van der Waals surface area contributed by atoms with E-state index in [1.165, 1.54) is 16.2 Å². The molecule has 3 nitrogen and oxygen atoms in total. The Hall–Kier alpha value is -5.41. The van der Waals surface area contributed by atoms with Gasteiger partial charge in [-0.25, -0.2) is 0 Å². The molecule has 4 heteroatoms. The van der Waals surface area contributed by atoms with E-state index in [0.717, 1.165) is 61.0 Å². The van der Waals surface area contributed by atoms with Crippen LogP contribution in [-0.4, -0.2) is 9.97 Å². The van der Waals surface area contributed by atoms with E-state index in [-0.39, 0.29) is 20.1 Å². The third-order valence-electron chi connectivity index (χ3n) is 8.71. The molecule has 0 fully saturated rings. The maximum atomic E-state index is 8.61. The summed E-state index contributed by atoms with van der Waals surface area (Å²) in [6, 6.07) is 53.0. The fourth-order valence-corrected chi connectivity index (χ4v) is 6.56. The molecule has 3 aromatic heterocycles. The molecular formula is C47H36IrN2O-2. The van der Waals surface area contributed by atoms with Gasteiger partial charge in [-0.3, -0.25) is 0 Å². The quantitative estimate of drug-likeness (QED) is 0.131. The zero-order chi connectivity index (χ0) is 35.9. The molecule has 0 unspecified atom stereocenters. The Balaban J connectivity index is 0.000000284. The standard InChI is InChI=1S/C36H28NO.C11H8N.Ir/c1-36(2,3)22-23-15-17-24(18-16-23)25-19-20-37-32(21-25)30-13-8-14-31-33-28-11-6-4-9-26(28)27-10-5-7-12-29(27)35(33)38-34(30)31;1-2-6-10(7-3-1)11-8-4-5-9-12-11;/h4-12,14-21H,22H2,1-3H3;1-6,8-9H;/q2*-1;/i22D2;;. The molecule has 0 atom stereocenters. The van der Waals surface area contributed by atoms with Crippen molar-refractivity contribution in [2.24, 2.45) is 5.41 Å². The van der Waals surface area contributed by atoms with Gasteiger partial charge >= 0.3 is 0 Å². The number of pyridine rings is 2. The van der Waals surface area contributed by atoms with E-state index in [9.17, 15) is 0 Å². The summed E-state index contributed by atoms with van der Waals surface area (Å²) in [5, 5.41) is 6.81. The van der Waals surface area contributed by atoms with Gasteiger partial charge in [0.25, 0.3) is 0 Å². The topological polar surface area (TPSA) is 38.9 Å². The number of fused-ring (bicyclic) bond motifs is 8. The maximum absolute atomic E-state index is 8.61. The predicted octanol–water partition coefficient (Wildman–Crippen LogP) is 12.6. The Morgan fingerprint density at radius 3 is 1.98 bits per heavy atom. The number of hydrogen-bond donors (Lipinski definition) is 0. The molecule has 1 radical (unpaired) electrons. The van der Waals surface area contributed by atoms with Gasteiger partial charge in [0.1, 0.15) is 5.58 Å². The number of benzene rings is 6. The van der Waals surface area contributed by atoms with E-state index in [0.29, 0.717) is 5.56 Å². The van der Waals surface area contributed by atoms with Crippen LogP contribution in [0.5, 0.6) is 0 Å². The van der Waals surface area contributed by atoms with E-state index in [4.69, 9.17) is 12.1 Å². The SMILES string of the molecule is [2H]C([2H])(c1ccc(-c2ccnc(-c3[c-]ccc4c3oc3c5ccccc5c5ccccc5c43)c2)cc1)C(C)(C)C.[Ir].[c-]1ccccc1-c1ccccn1. The Morgan fingerprint density at radius 2 is 1.27 bits per heavy atom. The van der Waals surface area contributed by atoms with Crippen LogP contribution in [0.1, 0.15) is 29.1 Å². The van der Waals surface area contributed by atoms with Crippen molar-refractivity contribution in [1.29, 1.82) is 0 Å². The first-order valence-electron chi connectivity index (χ1n) is 17.8. The van der Waals surface area contributed by atoms with Gasteiger partial charge in [-0.1, -0.05) is 123 Å². The van der Waals surface area contributed by atoms with Crippen molar-refractivity contribution >= 4 is 43.5 Å². The number of hydrogen-bond acceptors (Lipinski definition) is 3. The van der Waals surface area contributed by atoms with Crippen LogP contribution in [0.15, 0.2) is 156 Å². The monoisotopic (exact) mass is 839 g/mol. The minimum absolute atomic E-state index is 0. The smallest absolute Gasteiger partial charge is 0.129 e. The van der Waals surface area contributed by atoms with Crippen LogP contribution in [0, 0.1) is 17.5 Å². The van der Waals surface area contributed by atoms with Crippen LogP contribution in [0.3, 0.4) is 0 Å². The van der Waals surface area contributed by atoms with Crippen molar-refractivity contribution in [3.63, 3.8) is 0 Å². The average Bonchev–Trinajstić information content (AvgIpc) is 3.59. The number of rotatable bonds is 4. The minimum atomic E-state index is -1.44. The summed E-state index contributed by atoms with van der Waals surface area (Å²) in [5.74, 6) is 0. The molecule has 0 saturated carbocycles. The molecule has 0 aliphatic carbocycles. The first-order chi connectivity index (χ1) is 25.2. The zero-order valence-corrected chi connectivity index (χ0v) is 31.0. The van der Waals surface area contributed by atoms with E-state index in [1.807, 2.05) is 106 Å². The molecular weight excluding hydrogens is 801 g/mol. The third kappa shape index (κ3) is 6.99. The Kier molecular flexibility index (Phi) is 8.94. The first kappa shape index (κ1) is 31.6. The van der Waals surface area contributed by atoms with Crippen molar-refractivity contribution in [1.82, 2.24) is 9.97 Å². The average molecular weight is 839 g/mol. The van der Waals surface area contributed by atoms with Gasteiger partial charge in [-0.05, 0) is 68.2 Å². The number of aromatic nitrogens is 2. The Morgan fingerprint density at radius 1 is 0.588 bits per heavy atom. The van der Waals surface area contributed by atoms with Gasteiger partial charge < -0.3 is 14.4 Å². The van der Waals surface area contributed by atoms with Crippen molar-refractivity contribution in [2.45, 2.75) is 27.1 Å². The summed E-state index contributed by atoms with van der Waals surface area (Å²) in [6.07, 6.45) is 2.17. The van der Waals surface area contributed by atoms with E-state index < -0.39 is 11.8 Å². The van der Waals surface area contributed by atoms with Crippen molar-refractivity contribution in [2.75, 3.05) is 0 Å². The van der Waals surface area contributed by atoms with Crippen LogP contribution in [0.4, 0.5) is 0 Å².